The number of nitrogens with one attached hydrogen (secondary N) is 8. The summed E-state index contributed by atoms with van der Waals surface area (Å²) in [7, 11) is 0. The third kappa shape index (κ3) is 15.6. The number of anilines is 3. The van der Waals surface area contributed by atoms with E-state index in [1.807, 2.05) is 47.4 Å². The molecule has 0 aromatic carbocycles. The Morgan fingerprint density at radius 3 is 1.25 bits per heavy atom. The van der Waals surface area contributed by atoms with E-state index >= 15 is 4.39 Å². The molecule has 0 bridgehead atoms. The first-order valence-electron chi connectivity index (χ1n) is 34.0. The average Bonchev–Trinajstić information content (AvgIpc) is 1.40. The van der Waals surface area contributed by atoms with E-state index in [2.05, 4.69) is 167 Å². The molecule has 4 fully saturated rings. The molecule has 4 aliphatic rings. The second kappa shape index (κ2) is 28.7. The summed E-state index contributed by atoms with van der Waals surface area (Å²) in [5, 5.41) is 44.5. The lowest BCUT2D eigenvalue weighted by molar-refractivity contribution is -0.138. The molecule has 30 heteroatoms. The van der Waals surface area contributed by atoms with Crippen molar-refractivity contribution < 1.29 is 30.7 Å². The predicted octanol–water partition coefficient (Wildman–Crippen LogP) is 12.3. The Bertz CT molecular complexity index is 4880. The lowest BCUT2D eigenvalue weighted by Gasteiger charge is -2.43. The summed E-state index contributed by atoms with van der Waals surface area (Å²) in [6.07, 6.45) is -0.638. The van der Waals surface area contributed by atoms with Gasteiger partial charge in [0.2, 0.25) is 0 Å². The first-order valence-corrected chi connectivity index (χ1v) is 34.0. The van der Waals surface area contributed by atoms with Crippen LogP contribution in [0.15, 0.2) is 134 Å². The Morgan fingerprint density at radius 1 is 0.431 bits per heavy atom. The van der Waals surface area contributed by atoms with Gasteiger partial charge in [0.15, 0.2) is 28.3 Å². The van der Waals surface area contributed by atoms with Gasteiger partial charge in [0, 0.05) is 122 Å². The zero-order chi connectivity index (χ0) is 71.6. The molecule has 8 N–H and O–H groups in total. The molecule has 12 aromatic heterocycles. The molecule has 1 unspecified atom stereocenters. The Morgan fingerprint density at radius 2 is 0.824 bits per heavy atom. The fourth-order valence-electron chi connectivity index (χ4n) is 13.8. The molecule has 102 heavy (non-hydrogen) atoms. The Labute approximate surface area is 583 Å². The third-order valence-electron chi connectivity index (χ3n) is 18.5. The van der Waals surface area contributed by atoms with E-state index in [-0.39, 0.29) is 39.4 Å². The molecule has 0 aliphatic carbocycles. The number of pyridine rings is 8. The minimum atomic E-state index is -4.53. The lowest BCUT2D eigenvalue weighted by Crippen LogP contribution is -2.59. The van der Waals surface area contributed by atoms with E-state index in [0.717, 1.165) is 90.6 Å². The first-order chi connectivity index (χ1) is 48.8. The minimum absolute atomic E-state index is 0.0978. The summed E-state index contributed by atoms with van der Waals surface area (Å²) in [5.74, 6) is 2.55. The smallest absolute Gasteiger partial charge is 0.353 e. The van der Waals surface area contributed by atoms with Gasteiger partial charge in [0.25, 0.3) is 0 Å². The van der Waals surface area contributed by atoms with Crippen molar-refractivity contribution in [3.05, 3.63) is 151 Å². The van der Waals surface area contributed by atoms with E-state index in [4.69, 9.17) is 4.98 Å². The van der Waals surface area contributed by atoms with Gasteiger partial charge in [-0.15, -0.1) is 0 Å². The van der Waals surface area contributed by atoms with Crippen molar-refractivity contribution in [1.82, 2.24) is 102 Å². The number of H-pyrrole nitrogens is 4. The molecule has 12 aromatic rings. The summed E-state index contributed by atoms with van der Waals surface area (Å²) in [6, 6.07) is 31.2. The van der Waals surface area contributed by atoms with E-state index < -0.39 is 29.1 Å². The van der Waals surface area contributed by atoms with Crippen molar-refractivity contribution in [2.24, 2.45) is 5.92 Å². The molecule has 0 spiro atoms. The maximum Gasteiger partial charge on any atom is 0.418 e. The molecule has 16 rings (SSSR count). The number of alkyl halides is 7. The van der Waals surface area contributed by atoms with Crippen LogP contribution in [0.4, 0.5) is 48.2 Å². The quantitative estimate of drug-likeness (QED) is 0.0591. The minimum Gasteiger partial charge on any atom is -0.353 e. The van der Waals surface area contributed by atoms with E-state index in [1.54, 1.807) is 55.1 Å². The van der Waals surface area contributed by atoms with Crippen LogP contribution in [0, 0.1) is 5.92 Å². The van der Waals surface area contributed by atoms with Crippen molar-refractivity contribution in [2.45, 2.75) is 102 Å². The highest BCUT2D eigenvalue weighted by atomic mass is 19.4. The topological polar surface area (TPSA) is 276 Å². The zero-order valence-corrected chi connectivity index (χ0v) is 57.5. The molecule has 16 heterocycles. The molecule has 4 aliphatic heterocycles. The van der Waals surface area contributed by atoms with Gasteiger partial charge in [-0.3, -0.25) is 20.4 Å². The highest BCUT2D eigenvalue weighted by Crippen LogP contribution is 2.42. The highest BCUT2D eigenvalue weighted by molar-refractivity contribution is 5.93. The van der Waals surface area contributed by atoms with Gasteiger partial charge in [-0.05, 0) is 170 Å². The largest absolute Gasteiger partial charge is 0.418 e. The number of piperazine rings is 3. The van der Waals surface area contributed by atoms with Gasteiger partial charge in [-0.2, -0.15) is 46.7 Å². The van der Waals surface area contributed by atoms with Crippen LogP contribution in [-0.2, 0) is 18.0 Å². The number of aromatic nitrogens is 16. The SMILES string of the molecule is CC(C)CC1(C)CN(c2ccc(C(F)(F)F)c(-c3[nH]nc4ncccc34)n2)CCN1.CC1(C)CN(c2ccc(C(F)(F)F)c(-c3[nH]nc4ncccc34)n2)CCN1.CC1(C)CN(c2cccc(-c3[nH]nc4ncccc34)n2)CCN1.FC1(c2cccc(-c3[nH]nc4ncccc34)n2)CCNCC1. The second-order valence-corrected chi connectivity index (χ2v) is 28.0. The monoisotopic (exact) mass is 1400 g/mol. The molecule has 1 atom stereocenters. The van der Waals surface area contributed by atoms with Gasteiger partial charge in [-0.25, -0.2) is 44.3 Å². The normalized spacial score (nSPS) is 18.4. The van der Waals surface area contributed by atoms with Gasteiger partial charge >= 0.3 is 12.4 Å². The summed E-state index contributed by atoms with van der Waals surface area (Å²) in [6.45, 7) is 23.4. The fourth-order valence-corrected chi connectivity index (χ4v) is 13.8. The molecule has 0 radical (unpaired) electrons. The summed E-state index contributed by atoms with van der Waals surface area (Å²) in [5.41, 5.74) is 2.90. The molecule has 4 saturated heterocycles. The van der Waals surface area contributed by atoms with Crippen molar-refractivity contribution in [2.75, 3.05) is 86.7 Å². The summed E-state index contributed by atoms with van der Waals surface area (Å²) < 4.78 is 97.3. The zero-order valence-electron chi connectivity index (χ0n) is 57.5. The van der Waals surface area contributed by atoms with Crippen LogP contribution in [0.3, 0.4) is 0 Å². The number of piperidine rings is 1. The lowest BCUT2D eigenvalue weighted by atomic mass is 9.88. The number of halogens is 7. The molecule has 532 valence electrons. The molecular formula is C72H80F7N23. The fraction of sp³-hybridized carbons (Fsp3) is 0.389. The van der Waals surface area contributed by atoms with Gasteiger partial charge in [-0.1, -0.05) is 26.0 Å². The van der Waals surface area contributed by atoms with Crippen molar-refractivity contribution in [1.29, 1.82) is 0 Å². The standard InChI is InChI=1S/C21H25F3N6.C18H19F3N6.C17H20N6.C16H16FN5/c1-13(2)11-20(3)12-30(10-9-26-20)16-7-6-15(21(22,23)24)18(27-16)17-14-5-4-8-25-19(14)29-28-17;1-17(2)10-27(9-8-23-17)13-6-5-12(18(19,20)21)15(24-13)14-11-4-3-7-22-16(11)26-25-14;1-17(2)11-23(10-9-19-17)14-7-3-6-13(20-14)15-12-5-4-8-18-16(12)22-21-15;17-16(6-9-18-10-7-16)13-5-1-4-12(20-13)14-11-3-2-8-19-15(11)22-21-14/h4-8,13,26H,9-12H2,1-3H3,(H,25,28,29);3-7,23H,8-10H2,1-2H3,(H,22,25,26);3-8,19H,9-11H2,1-2H3,(H,18,21,22);1-5,8,18H,6-7,9-10H2,(H,19,21,22). The summed E-state index contributed by atoms with van der Waals surface area (Å²) in [4.78, 5) is 41.3. The highest BCUT2D eigenvalue weighted by Gasteiger charge is 2.40. The molecule has 23 nitrogen and oxygen atoms in total. The number of aromatic amines is 4. The maximum absolute atomic E-state index is 15.1. The number of hydrogen-bond donors (Lipinski definition) is 8. The van der Waals surface area contributed by atoms with E-state index in [1.165, 1.54) is 12.1 Å². The Kier molecular flexibility index (Phi) is 19.8. The van der Waals surface area contributed by atoms with Gasteiger partial charge < -0.3 is 36.0 Å². The van der Waals surface area contributed by atoms with Crippen LogP contribution in [0.1, 0.15) is 84.5 Å². The van der Waals surface area contributed by atoms with Crippen LogP contribution in [0.2, 0.25) is 0 Å². The molecular weight excluding hydrogens is 1320 g/mol. The van der Waals surface area contributed by atoms with Crippen LogP contribution in [0.5, 0.6) is 0 Å². The Balaban J connectivity index is 0.000000122. The van der Waals surface area contributed by atoms with Crippen molar-refractivity contribution in [3.63, 3.8) is 0 Å². The van der Waals surface area contributed by atoms with Crippen LogP contribution < -0.4 is 36.0 Å². The van der Waals surface area contributed by atoms with Crippen molar-refractivity contribution in [3.8, 4) is 45.6 Å². The second-order valence-electron chi connectivity index (χ2n) is 28.0. The molecule has 0 saturated carbocycles. The van der Waals surface area contributed by atoms with Crippen LogP contribution in [-0.4, -0.2) is 169 Å². The van der Waals surface area contributed by atoms with Gasteiger partial charge in [0.05, 0.1) is 51.0 Å². The first kappa shape index (κ1) is 70.3. The van der Waals surface area contributed by atoms with Crippen molar-refractivity contribution >= 4 is 61.6 Å². The van der Waals surface area contributed by atoms with E-state index in [0.29, 0.717) is 109 Å². The summed E-state index contributed by atoms with van der Waals surface area (Å²) >= 11 is 0. The number of nitrogens with zero attached hydrogens (tertiary/aromatic N) is 15. The van der Waals surface area contributed by atoms with Crippen LogP contribution >= 0.6 is 0 Å². The third-order valence-corrected chi connectivity index (χ3v) is 18.5. The maximum atomic E-state index is 15.1. The number of rotatable bonds is 10. The molecule has 0 amide bonds. The van der Waals surface area contributed by atoms with E-state index in [9.17, 15) is 26.3 Å². The number of fused-ring (bicyclic) bond motifs is 4. The average molecular weight is 1400 g/mol. The van der Waals surface area contributed by atoms with Crippen LogP contribution in [0.25, 0.3) is 89.7 Å². The Hall–Kier alpha value is -10.2. The van der Waals surface area contributed by atoms with Gasteiger partial charge in [0.1, 0.15) is 28.8 Å². The predicted molar refractivity (Wildman–Crippen MR) is 380 cm³/mol. The number of hydrogen-bond acceptors (Lipinski definition) is 19.